The molecule has 4 heteroatoms. The number of carbonyl (C=O) groups is 1. The third kappa shape index (κ3) is 3.48. The molecule has 1 N–H and O–H groups in total. The largest absolute Gasteiger partial charge is 0.331 e. The van der Waals surface area contributed by atoms with E-state index in [-0.39, 0.29) is 5.97 Å². The first-order valence-corrected chi connectivity index (χ1v) is 4.21. The zero-order chi connectivity index (χ0) is 8.81. The third-order valence-corrected chi connectivity index (χ3v) is 1.84. The van der Waals surface area contributed by atoms with Gasteiger partial charge in [0.1, 0.15) is 0 Å². The number of hydrogen-bond acceptors (Lipinski definition) is 4. The molecule has 0 spiro atoms. The maximum atomic E-state index is 10.3. The summed E-state index contributed by atoms with van der Waals surface area (Å²) in [7, 11) is 0. The van der Waals surface area contributed by atoms with Gasteiger partial charge in [-0.15, -0.1) is 0 Å². The van der Waals surface area contributed by atoms with E-state index in [9.17, 15) is 4.79 Å². The van der Waals surface area contributed by atoms with Crippen LogP contribution in [0.2, 0.25) is 0 Å². The van der Waals surface area contributed by atoms with Crippen LogP contribution >= 0.6 is 0 Å². The Morgan fingerprint density at radius 1 is 1.58 bits per heavy atom. The summed E-state index contributed by atoms with van der Waals surface area (Å²) < 4.78 is 0. The monoisotopic (exact) mass is 170 g/mol. The molecule has 0 aliphatic carbocycles. The Labute approximate surface area is 72.0 Å². The predicted octanol–water partition coefficient (Wildman–Crippen LogP) is 0.535. The van der Waals surface area contributed by atoms with E-state index < -0.39 is 0 Å². The van der Waals surface area contributed by atoms with Crippen molar-refractivity contribution in [3.05, 3.63) is 0 Å². The Kier molecular flexibility index (Phi) is 3.73. The van der Waals surface area contributed by atoms with Crippen LogP contribution in [0.4, 0.5) is 0 Å². The molecule has 0 aromatic carbocycles. The summed E-state index contributed by atoms with van der Waals surface area (Å²) in [5, 5.41) is 6.84. The van der Waals surface area contributed by atoms with Crippen LogP contribution in [0.5, 0.6) is 0 Å². The maximum Gasteiger partial charge on any atom is 0.331 e. The molecule has 0 aromatic heterocycles. The fourth-order valence-corrected chi connectivity index (χ4v) is 1.18. The molecule has 12 heavy (non-hydrogen) atoms. The van der Waals surface area contributed by atoms with Crippen LogP contribution < -0.4 is 5.32 Å². The highest BCUT2D eigenvalue weighted by Gasteiger charge is 2.10. The third-order valence-electron chi connectivity index (χ3n) is 1.84. The van der Waals surface area contributed by atoms with Crippen molar-refractivity contribution in [3.63, 3.8) is 0 Å². The predicted molar refractivity (Wildman–Crippen MR) is 45.9 cm³/mol. The van der Waals surface area contributed by atoms with Gasteiger partial charge < -0.3 is 10.2 Å². The summed E-state index contributed by atoms with van der Waals surface area (Å²) >= 11 is 0. The van der Waals surface area contributed by atoms with Crippen LogP contribution in [-0.2, 0) is 9.63 Å². The van der Waals surface area contributed by atoms with Crippen LogP contribution in [0.15, 0.2) is 5.16 Å². The van der Waals surface area contributed by atoms with E-state index in [1.165, 1.54) is 6.92 Å². The fourth-order valence-electron chi connectivity index (χ4n) is 1.18. The van der Waals surface area contributed by atoms with Gasteiger partial charge in [0.25, 0.3) is 0 Å². The topological polar surface area (TPSA) is 50.7 Å². The summed E-state index contributed by atoms with van der Waals surface area (Å²) in [5.41, 5.74) is 0. The molecule has 0 amide bonds. The maximum absolute atomic E-state index is 10.3. The van der Waals surface area contributed by atoms with E-state index in [1.54, 1.807) is 6.21 Å². The minimum absolute atomic E-state index is 0.361. The van der Waals surface area contributed by atoms with Crippen LogP contribution in [0.1, 0.15) is 19.8 Å². The lowest BCUT2D eigenvalue weighted by molar-refractivity contribution is -0.140. The minimum Gasteiger partial charge on any atom is -0.319 e. The lowest BCUT2D eigenvalue weighted by atomic mass is 10.0. The number of nitrogens with zero attached hydrogens (tertiary/aromatic N) is 1. The van der Waals surface area contributed by atoms with Crippen LogP contribution in [0, 0.1) is 5.92 Å². The summed E-state index contributed by atoms with van der Waals surface area (Å²) in [6.07, 6.45) is 3.87. The Bertz CT molecular complexity index is 174. The highest BCUT2D eigenvalue weighted by Crippen LogP contribution is 2.08. The standard InChI is InChI=1S/C8H14N2O2/c1-7(11)12-10-6-8-2-4-9-5-3-8/h6,8-9H,2-5H2,1H3/b10-6+. The number of piperidine rings is 1. The molecule has 0 atom stereocenters. The molecule has 1 aliphatic heterocycles. The molecule has 1 rings (SSSR count). The molecule has 0 unspecified atom stereocenters. The molecule has 1 saturated heterocycles. The van der Waals surface area contributed by atoms with E-state index >= 15 is 0 Å². The Hall–Kier alpha value is -0.900. The zero-order valence-electron chi connectivity index (χ0n) is 7.25. The number of nitrogens with one attached hydrogen (secondary N) is 1. The van der Waals surface area contributed by atoms with Gasteiger partial charge in [-0.1, -0.05) is 5.16 Å². The average molecular weight is 170 g/mol. The van der Waals surface area contributed by atoms with Crippen molar-refractivity contribution < 1.29 is 9.63 Å². The highest BCUT2D eigenvalue weighted by atomic mass is 16.7. The van der Waals surface area contributed by atoms with Gasteiger partial charge >= 0.3 is 5.97 Å². The van der Waals surface area contributed by atoms with Crippen molar-refractivity contribution in [1.29, 1.82) is 0 Å². The first-order chi connectivity index (χ1) is 5.79. The van der Waals surface area contributed by atoms with E-state index in [2.05, 4.69) is 15.3 Å². The Morgan fingerprint density at radius 2 is 2.25 bits per heavy atom. The Morgan fingerprint density at radius 3 is 2.83 bits per heavy atom. The summed E-state index contributed by atoms with van der Waals surface area (Å²) in [6.45, 7) is 3.40. The second-order valence-corrected chi connectivity index (χ2v) is 2.92. The van der Waals surface area contributed by atoms with Crippen molar-refractivity contribution in [2.75, 3.05) is 13.1 Å². The highest BCUT2D eigenvalue weighted by molar-refractivity contribution is 5.67. The average Bonchev–Trinajstić information content (AvgIpc) is 2.05. The van der Waals surface area contributed by atoms with Crippen molar-refractivity contribution in [2.45, 2.75) is 19.8 Å². The molecule has 1 fully saturated rings. The van der Waals surface area contributed by atoms with Gasteiger partial charge in [-0.05, 0) is 31.8 Å². The van der Waals surface area contributed by atoms with Gasteiger partial charge in [0, 0.05) is 13.1 Å². The van der Waals surface area contributed by atoms with Crippen LogP contribution in [0.3, 0.4) is 0 Å². The van der Waals surface area contributed by atoms with Crippen molar-refractivity contribution >= 4 is 12.2 Å². The summed E-state index contributed by atoms with van der Waals surface area (Å²) in [6, 6.07) is 0. The van der Waals surface area contributed by atoms with Crippen molar-refractivity contribution in [3.8, 4) is 0 Å². The lowest BCUT2D eigenvalue weighted by Gasteiger charge is -2.17. The van der Waals surface area contributed by atoms with Gasteiger partial charge in [0.2, 0.25) is 0 Å². The molecule has 0 saturated carbocycles. The molecular formula is C8H14N2O2. The molecule has 4 nitrogen and oxygen atoms in total. The van der Waals surface area contributed by atoms with E-state index in [4.69, 9.17) is 0 Å². The van der Waals surface area contributed by atoms with Crippen molar-refractivity contribution in [2.24, 2.45) is 11.1 Å². The zero-order valence-corrected chi connectivity index (χ0v) is 7.25. The molecular weight excluding hydrogens is 156 g/mol. The number of rotatable bonds is 2. The minimum atomic E-state index is -0.361. The number of hydrogen-bond donors (Lipinski definition) is 1. The molecule has 1 aliphatic rings. The van der Waals surface area contributed by atoms with E-state index in [0.717, 1.165) is 25.9 Å². The number of oxime groups is 1. The van der Waals surface area contributed by atoms with Gasteiger partial charge in [-0.2, -0.15) is 0 Å². The van der Waals surface area contributed by atoms with E-state index in [1.807, 2.05) is 0 Å². The first kappa shape index (κ1) is 9.19. The van der Waals surface area contributed by atoms with Crippen LogP contribution in [-0.4, -0.2) is 25.3 Å². The molecule has 0 aromatic rings. The first-order valence-electron chi connectivity index (χ1n) is 4.21. The molecule has 0 radical (unpaired) electrons. The van der Waals surface area contributed by atoms with Gasteiger partial charge in [-0.3, -0.25) is 0 Å². The summed E-state index contributed by atoms with van der Waals surface area (Å²) in [4.78, 5) is 14.8. The molecule has 1 heterocycles. The van der Waals surface area contributed by atoms with Gasteiger partial charge in [0.15, 0.2) is 0 Å². The normalized spacial score (nSPS) is 19.8. The SMILES string of the molecule is CC(=O)O/N=C/C1CCNCC1. The van der Waals surface area contributed by atoms with Crippen LogP contribution in [0.25, 0.3) is 0 Å². The van der Waals surface area contributed by atoms with Crippen molar-refractivity contribution in [1.82, 2.24) is 5.32 Å². The lowest BCUT2D eigenvalue weighted by Crippen LogP contribution is -2.28. The quantitative estimate of drug-likeness (QED) is 0.374. The smallest absolute Gasteiger partial charge is 0.319 e. The van der Waals surface area contributed by atoms with E-state index in [0.29, 0.717) is 5.92 Å². The fraction of sp³-hybridized carbons (Fsp3) is 0.750. The summed E-state index contributed by atoms with van der Waals surface area (Å²) in [5.74, 6) is 0.103. The molecule has 68 valence electrons. The number of carbonyl (C=O) groups excluding carboxylic acids is 1. The molecule has 0 bridgehead atoms. The second kappa shape index (κ2) is 4.87. The second-order valence-electron chi connectivity index (χ2n) is 2.92. The Balaban J connectivity index is 2.19. The van der Waals surface area contributed by atoms with Gasteiger partial charge in [-0.25, -0.2) is 4.79 Å². The van der Waals surface area contributed by atoms with Gasteiger partial charge in [0.05, 0.1) is 0 Å².